The predicted molar refractivity (Wildman–Crippen MR) is 67.6 cm³/mol. The number of nitrogens with zero attached hydrogens (tertiary/aromatic N) is 1. The van der Waals surface area contributed by atoms with E-state index in [2.05, 4.69) is 4.98 Å². The van der Waals surface area contributed by atoms with Gasteiger partial charge in [0.05, 0.1) is 11.1 Å². The van der Waals surface area contributed by atoms with E-state index in [1.165, 1.54) is 38.5 Å². The Hall–Kier alpha value is -0.410. The van der Waals surface area contributed by atoms with Gasteiger partial charge >= 0.3 is 0 Å². The molecule has 1 aromatic rings. The summed E-state index contributed by atoms with van der Waals surface area (Å²) in [5, 5.41) is 13.1. The van der Waals surface area contributed by atoms with Crippen LogP contribution in [0.4, 0.5) is 0 Å². The van der Waals surface area contributed by atoms with Gasteiger partial charge in [0.25, 0.3) is 0 Å². The van der Waals surface area contributed by atoms with Crippen LogP contribution in [0.2, 0.25) is 0 Å². The molecule has 1 aliphatic rings. The number of hydrogen-bond donors (Lipinski definition) is 1. The molecule has 1 atom stereocenters. The van der Waals surface area contributed by atoms with Crippen LogP contribution < -0.4 is 0 Å². The average Bonchev–Trinajstić information content (AvgIpc) is 2.62. The topological polar surface area (TPSA) is 33.1 Å². The Morgan fingerprint density at radius 3 is 2.69 bits per heavy atom. The lowest BCUT2D eigenvalue weighted by Gasteiger charge is -2.17. The van der Waals surface area contributed by atoms with Gasteiger partial charge in [0.1, 0.15) is 0 Å². The molecular formula is C13H21NOS. The molecule has 90 valence electrons. The van der Waals surface area contributed by atoms with Crippen LogP contribution >= 0.6 is 11.3 Å². The molecule has 2 nitrogen and oxygen atoms in total. The molecule has 1 aromatic heterocycles. The van der Waals surface area contributed by atoms with Crippen molar-refractivity contribution in [2.45, 2.75) is 57.5 Å². The molecule has 1 aliphatic carbocycles. The minimum Gasteiger partial charge on any atom is -0.393 e. The third-order valence-corrected chi connectivity index (χ3v) is 4.28. The van der Waals surface area contributed by atoms with Gasteiger partial charge in [-0.3, -0.25) is 0 Å². The van der Waals surface area contributed by atoms with Crippen molar-refractivity contribution >= 4 is 11.3 Å². The van der Waals surface area contributed by atoms with Crippen molar-refractivity contribution in [1.82, 2.24) is 4.98 Å². The SMILES string of the molecule is OC(Cc1nccs1)CC1CCCCCC1. The molecule has 0 saturated heterocycles. The summed E-state index contributed by atoms with van der Waals surface area (Å²) in [5.74, 6) is 0.748. The Balaban J connectivity index is 1.75. The Morgan fingerprint density at radius 2 is 2.06 bits per heavy atom. The number of aliphatic hydroxyl groups excluding tert-OH is 1. The van der Waals surface area contributed by atoms with E-state index in [-0.39, 0.29) is 6.10 Å². The highest BCUT2D eigenvalue weighted by molar-refractivity contribution is 7.09. The molecule has 1 N–H and O–H groups in total. The van der Waals surface area contributed by atoms with Crippen molar-refractivity contribution in [3.8, 4) is 0 Å². The van der Waals surface area contributed by atoms with Crippen LogP contribution in [0.5, 0.6) is 0 Å². The van der Waals surface area contributed by atoms with E-state index in [1.54, 1.807) is 11.3 Å². The lowest BCUT2D eigenvalue weighted by atomic mass is 9.93. The molecule has 1 heterocycles. The van der Waals surface area contributed by atoms with E-state index in [1.807, 2.05) is 11.6 Å². The molecule has 1 unspecified atom stereocenters. The highest BCUT2D eigenvalue weighted by atomic mass is 32.1. The maximum atomic E-state index is 10.0. The zero-order valence-electron chi connectivity index (χ0n) is 9.77. The molecule has 1 fully saturated rings. The van der Waals surface area contributed by atoms with Crippen molar-refractivity contribution in [3.05, 3.63) is 16.6 Å². The van der Waals surface area contributed by atoms with Crippen molar-refractivity contribution in [2.24, 2.45) is 5.92 Å². The molecule has 3 heteroatoms. The van der Waals surface area contributed by atoms with Gasteiger partial charge in [-0.25, -0.2) is 4.98 Å². The minimum atomic E-state index is -0.186. The van der Waals surface area contributed by atoms with Crippen molar-refractivity contribution < 1.29 is 5.11 Å². The average molecular weight is 239 g/mol. The van der Waals surface area contributed by atoms with E-state index in [4.69, 9.17) is 0 Å². The first-order chi connectivity index (χ1) is 7.84. The molecular weight excluding hydrogens is 218 g/mol. The summed E-state index contributed by atoms with van der Waals surface area (Å²) in [6.07, 6.45) is 11.5. The lowest BCUT2D eigenvalue weighted by molar-refractivity contribution is 0.137. The maximum absolute atomic E-state index is 10.0. The highest BCUT2D eigenvalue weighted by Gasteiger charge is 2.17. The summed E-state index contributed by atoms with van der Waals surface area (Å²) in [6.45, 7) is 0. The number of hydrogen-bond acceptors (Lipinski definition) is 3. The van der Waals surface area contributed by atoms with Crippen molar-refractivity contribution in [3.63, 3.8) is 0 Å². The van der Waals surface area contributed by atoms with Gasteiger partial charge in [-0.15, -0.1) is 11.3 Å². The van der Waals surface area contributed by atoms with Crippen LogP contribution in [-0.4, -0.2) is 16.2 Å². The van der Waals surface area contributed by atoms with Gasteiger partial charge < -0.3 is 5.11 Å². The normalized spacial score (nSPS) is 20.6. The predicted octanol–water partition coefficient (Wildman–Crippen LogP) is 3.41. The van der Waals surface area contributed by atoms with Gasteiger partial charge in [-0.05, 0) is 12.3 Å². The Kier molecular flexibility index (Phi) is 4.79. The maximum Gasteiger partial charge on any atom is 0.0950 e. The van der Waals surface area contributed by atoms with Gasteiger partial charge in [0, 0.05) is 18.0 Å². The van der Waals surface area contributed by atoms with Gasteiger partial charge in [0.2, 0.25) is 0 Å². The minimum absolute atomic E-state index is 0.186. The number of rotatable bonds is 4. The number of aromatic nitrogens is 1. The second-order valence-electron chi connectivity index (χ2n) is 4.88. The van der Waals surface area contributed by atoms with Gasteiger partial charge in [-0.1, -0.05) is 38.5 Å². The molecule has 16 heavy (non-hydrogen) atoms. The van der Waals surface area contributed by atoms with Crippen LogP contribution in [0.25, 0.3) is 0 Å². The third-order valence-electron chi connectivity index (χ3n) is 3.47. The zero-order valence-corrected chi connectivity index (χ0v) is 10.6. The Bertz CT molecular complexity index is 278. The van der Waals surface area contributed by atoms with Crippen LogP contribution in [-0.2, 0) is 6.42 Å². The fourth-order valence-corrected chi connectivity index (χ4v) is 3.31. The van der Waals surface area contributed by atoms with E-state index >= 15 is 0 Å². The number of aliphatic hydroxyl groups is 1. The Morgan fingerprint density at radius 1 is 1.31 bits per heavy atom. The summed E-state index contributed by atoms with van der Waals surface area (Å²) in [7, 11) is 0. The van der Waals surface area contributed by atoms with E-state index in [0.717, 1.165) is 23.8 Å². The van der Waals surface area contributed by atoms with Crippen LogP contribution in [0, 0.1) is 5.92 Å². The second kappa shape index (κ2) is 6.36. The fraction of sp³-hybridized carbons (Fsp3) is 0.769. The first kappa shape index (κ1) is 12.1. The molecule has 0 bridgehead atoms. The lowest BCUT2D eigenvalue weighted by Crippen LogP contribution is -2.16. The van der Waals surface area contributed by atoms with Crippen LogP contribution in [0.15, 0.2) is 11.6 Å². The van der Waals surface area contributed by atoms with Crippen LogP contribution in [0.3, 0.4) is 0 Å². The summed E-state index contributed by atoms with van der Waals surface area (Å²) in [6, 6.07) is 0. The second-order valence-corrected chi connectivity index (χ2v) is 5.86. The molecule has 0 aromatic carbocycles. The standard InChI is InChI=1S/C13H21NOS/c15-12(10-13-14-7-8-16-13)9-11-5-3-1-2-4-6-11/h7-8,11-12,15H,1-6,9-10H2. The quantitative estimate of drug-likeness (QED) is 0.817. The summed E-state index contributed by atoms with van der Waals surface area (Å²) >= 11 is 1.65. The van der Waals surface area contributed by atoms with Gasteiger partial charge in [0.15, 0.2) is 0 Å². The third kappa shape index (κ3) is 3.87. The van der Waals surface area contributed by atoms with Crippen molar-refractivity contribution in [1.29, 1.82) is 0 Å². The first-order valence-corrected chi connectivity index (χ1v) is 7.29. The van der Waals surface area contributed by atoms with Crippen molar-refractivity contribution in [2.75, 3.05) is 0 Å². The molecule has 1 saturated carbocycles. The van der Waals surface area contributed by atoms with Crippen LogP contribution in [0.1, 0.15) is 50.0 Å². The molecule has 2 rings (SSSR count). The zero-order chi connectivity index (χ0) is 11.2. The van der Waals surface area contributed by atoms with Gasteiger partial charge in [-0.2, -0.15) is 0 Å². The van der Waals surface area contributed by atoms with E-state index in [0.29, 0.717) is 0 Å². The summed E-state index contributed by atoms with van der Waals surface area (Å²) < 4.78 is 0. The molecule has 0 aliphatic heterocycles. The van der Waals surface area contributed by atoms with E-state index < -0.39 is 0 Å². The summed E-state index contributed by atoms with van der Waals surface area (Å²) in [5.41, 5.74) is 0. The Labute approximate surface area is 102 Å². The largest absolute Gasteiger partial charge is 0.393 e. The fourth-order valence-electron chi connectivity index (χ4n) is 2.62. The summed E-state index contributed by atoms with van der Waals surface area (Å²) in [4.78, 5) is 4.23. The molecule has 0 amide bonds. The highest BCUT2D eigenvalue weighted by Crippen LogP contribution is 2.27. The smallest absolute Gasteiger partial charge is 0.0950 e. The monoisotopic (exact) mass is 239 g/mol. The molecule has 0 spiro atoms. The van der Waals surface area contributed by atoms with E-state index in [9.17, 15) is 5.11 Å². The number of thiazole rings is 1. The first-order valence-electron chi connectivity index (χ1n) is 6.41. The molecule has 0 radical (unpaired) electrons.